The lowest BCUT2D eigenvalue weighted by atomic mass is 9.79. The van der Waals surface area contributed by atoms with Crippen LogP contribution in [0.4, 0.5) is 0 Å². The number of hydrogen-bond donors (Lipinski definition) is 0. The first-order chi connectivity index (χ1) is 10.5. The van der Waals surface area contributed by atoms with E-state index in [1.54, 1.807) is 0 Å². The van der Waals surface area contributed by atoms with Crippen LogP contribution in [-0.2, 0) is 4.74 Å². The molecule has 3 fully saturated rings. The minimum atomic E-state index is 0.181. The molecule has 2 saturated carbocycles. The molecule has 1 saturated heterocycles. The molecule has 0 atom stereocenters. The summed E-state index contributed by atoms with van der Waals surface area (Å²) in [5.41, 5.74) is 0.435. The Kier molecular flexibility index (Phi) is 4.87. The lowest BCUT2D eigenvalue weighted by molar-refractivity contribution is -0.186. The van der Waals surface area contributed by atoms with Gasteiger partial charge in [-0.1, -0.05) is 20.8 Å². The van der Waals surface area contributed by atoms with Crippen LogP contribution in [-0.4, -0.2) is 60.3 Å². The van der Waals surface area contributed by atoms with Crippen LogP contribution in [0, 0.1) is 5.92 Å². The molecule has 1 aliphatic heterocycles. The van der Waals surface area contributed by atoms with Gasteiger partial charge in [-0.3, -0.25) is 4.90 Å². The molecule has 3 heteroatoms. The number of ether oxygens (including phenoxy) is 1. The minimum absolute atomic E-state index is 0.181. The highest BCUT2D eigenvalue weighted by atomic mass is 16.5. The molecule has 1 heterocycles. The van der Waals surface area contributed by atoms with Crippen LogP contribution < -0.4 is 0 Å². The Hall–Kier alpha value is -0.120. The van der Waals surface area contributed by atoms with Crippen molar-refractivity contribution in [2.75, 3.05) is 33.2 Å². The Morgan fingerprint density at radius 3 is 2.18 bits per heavy atom. The van der Waals surface area contributed by atoms with Gasteiger partial charge in [-0.15, -0.1) is 0 Å². The third kappa shape index (κ3) is 3.68. The third-order valence-corrected chi connectivity index (χ3v) is 6.26. The van der Waals surface area contributed by atoms with Gasteiger partial charge in [0.15, 0.2) is 0 Å². The lowest BCUT2D eigenvalue weighted by Gasteiger charge is -2.50. The normalized spacial score (nSPS) is 34.9. The zero-order valence-electron chi connectivity index (χ0n) is 15.2. The van der Waals surface area contributed by atoms with E-state index in [1.807, 2.05) is 0 Å². The van der Waals surface area contributed by atoms with Crippen molar-refractivity contribution in [3.63, 3.8) is 0 Å². The second-order valence-corrected chi connectivity index (χ2v) is 8.67. The number of nitrogens with zero attached hydrogens (tertiary/aromatic N) is 2. The fourth-order valence-corrected chi connectivity index (χ4v) is 4.49. The smallest absolute Gasteiger partial charge is 0.0819 e. The van der Waals surface area contributed by atoms with E-state index < -0.39 is 0 Å². The van der Waals surface area contributed by atoms with Gasteiger partial charge in [-0.05, 0) is 71.0 Å². The van der Waals surface area contributed by atoms with Gasteiger partial charge in [0.2, 0.25) is 0 Å². The highest BCUT2D eigenvalue weighted by Crippen LogP contribution is 2.50. The summed E-state index contributed by atoms with van der Waals surface area (Å²) in [6.07, 6.45) is 9.08. The van der Waals surface area contributed by atoms with Crippen molar-refractivity contribution in [2.24, 2.45) is 5.92 Å². The maximum absolute atomic E-state index is 6.71. The van der Waals surface area contributed by atoms with Crippen molar-refractivity contribution in [2.45, 2.75) is 83.0 Å². The molecule has 0 amide bonds. The van der Waals surface area contributed by atoms with E-state index in [2.05, 4.69) is 37.6 Å². The molecule has 128 valence electrons. The molecule has 0 unspecified atom stereocenters. The second-order valence-electron chi connectivity index (χ2n) is 8.67. The molecular weight excluding hydrogens is 272 g/mol. The summed E-state index contributed by atoms with van der Waals surface area (Å²) in [7, 11) is 2.33. The summed E-state index contributed by atoms with van der Waals surface area (Å²) in [4.78, 5) is 5.26. The number of morpholine rings is 1. The summed E-state index contributed by atoms with van der Waals surface area (Å²) in [6, 6.07) is 0.778. The minimum Gasteiger partial charge on any atom is -0.366 e. The van der Waals surface area contributed by atoms with Crippen LogP contribution >= 0.6 is 0 Å². The zero-order valence-corrected chi connectivity index (χ0v) is 15.2. The molecule has 22 heavy (non-hydrogen) atoms. The molecule has 3 rings (SSSR count). The molecule has 3 nitrogen and oxygen atoms in total. The van der Waals surface area contributed by atoms with Crippen LogP contribution in [0.2, 0.25) is 0 Å². The van der Waals surface area contributed by atoms with Gasteiger partial charge in [0, 0.05) is 19.1 Å². The molecular formula is C19H36N2O. The van der Waals surface area contributed by atoms with Gasteiger partial charge in [-0.25, -0.2) is 0 Å². The first kappa shape index (κ1) is 16.7. The van der Waals surface area contributed by atoms with Crippen LogP contribution in [0.25, 0.3) is 0 Å². The van der Waals surface area contributed by atoms with Crippen LogP contribution in [0.15, 0.2) is 0 Å². The molecule has 0 aromatic heterocycles. The third-order valence-electron chi connectivity index (χ3n) is 6.26. The predicted molar refractivity (Wildman–Crippen MR) is 92.2 cm³/mol. The number of hydrogen-bond acceptors (Lipinski definition) is 3. The molecule has 2 aliphatic carbocycles. The molecule has 0 aromatic rings. The maximum Gasteiger partial charge on any atom is 0.0819 e. The Balaban J connectivity index is 1.54. The van der Waals surface area contributed by atoms with Crippen LogP contribution in [0.1, 0.15) is 65.7 Å². The summed E-state index contributed by atoms with van der Waals surface area (Å²) in [5.74, 6) is 0.812. The van der Waals surface area contributed by atoms with Crippen molar-refractivity contribution in [1.82, 2.24) is 9.80 Å². The van der Waals surface area contributed by atoms with Gasteiger partial charge in [0.25, 0.3) is 0 Å². The molecule has 0 N–H and O–H groups in total. The Labute approximate surface area is 137 Å². The average Bonchev–Trinajstić information content (AvgIpc) is 3.23. The Bertz CT molecular complexity index is 370. The summed E-state index contributed by atoms with van der Waals surface area (Å²) in [6.45, 7) is 11.8. The van der Waals surface area contributed by atoms with Gasteiger partial charge in [-0.2, -0.15) is 0 Å². The largest absolute Gasteiger partial charge is 0.366 e. The fraction of sp³-hybridized carbons (Fsp3) is 1.00. The highest BCUT2D eigenvalue weighted by Gasteiger charge is 2.55. The van der Waals surface area contributed by atoms with Crippen LogP contribution in [0.5, 0.6) is 0 Å². The van der Waals surface area contributed by atoms with Gasteiger partial charge >= 0.3 is 0 Å². The van der Waals surface area contributed by atoms with E-state index in [0.29, 0.717) is 0 Å². The topological polar surface area (TPSA) is 15.7 Å². The fourth-order valence-electron chi connectivity index (χ4n) is 4.49. The van der Waals surface area contributed by atoms with E-state index in [9.17, 15) is 0 Å². The monoisotopic (exact) mass is 308 g/mol. The standard InChI is InChI=1S/C19H36N2O/c1-5-21-14-18(22-19(15-21)11-12-19)9-6-17(7-10-18)20(4)13-8-16(2)3/h16-17H,5-15H2,1-4H3. The maximum atomic E-state index is 6.71. The second kappa shape index (κ2) is 6.41. The molecule has 2 spiro atoms. The van der Waals surface area contributed by atoms with Crippen molar-refractivity contribution < 1.29 is 4.74 Å². The summed E-state index contributed by atoms with van der Waals surface area (Å²) >= 11 is 0. The van der Waals surface area contributed by atoms with Crippen LogP contribution in [0.3, 0.4) is 0 Å². The van der Waals surface area contributed by atoms with Crippen molar-refractivity contribution in [3.8, 4) is 0 Å². The van der Waals surface area contributed by atoms with Crippen molar-refractivity contribution in [1.29, 1.82) is 0 Å². The van der Waals surface area contributed by atoms with E-state index in [4.69, 9.17) is 4.74 Å². The lowest BCUT2D eigenvalue weighted by Crippen LogP contribution is -2.59. The number of rotatable bonds is 5. The summed E-state index contributed by atoms with van der Waals surface area (Å²) < 4.78 is 6.71. The highest BCUT2D eigenvalue weighted by molar-refractivity contribution is 5.07. The van der Waals surface area contributed by atoms with E-state index in [-0.39, 0.29) is 11.2 Å². The SMILES string of the molecule is CCN1CC2(CCC(N(C)CCC(C)C)CC2)OC2(CC2)C1. The van der Waals surface area contributed by atoms with E-state index >= 15 is 0 Å². The molecule has 3 aliphatic rings. The van der Waals surface area contributed by atoms with E-state index in [0.717, 1.165) is 12.0 Å². The van der Waals surface area contributed by atoms with Gasteiger partial charge in [0.05, 0.1) is 11.2 Å². The van der Waals surface area contributed by atoms with Crippen molar-refractivity contribution in [3.05, 3.63) is 0 Å². The first-order valence-electron chi connectivity index (χ1n) is 9.59. The zero-order chi connectivity index (χ0) is 15.8. The average molecular weight is 309 g/mol. The van der Waals surface area contributed by atoms with E-state index in [1.165, 1.54) is 71.1 Å². The first-order valence-corrected chi connectivity index (χ1v) is 9.59. The summed E-state index contributed by atoms with van der Waals surface area (Å²) in [5, 5.41) is 0. The molecule has 0 radical (unpaired) electrons. The van der Waals surface area contributed by atoms with Gasteiger partial charge in [0.1, 0.15) is 0 Å². The quantitative estimate of drug-likeness (QED) is 0.773. The van der Waals surface area contributed by atoms with Gasteiger partial charge < -0.3 is 9.64 Å². The van der Waals surface area contributed by atoms with Crippen molar-refractivity contribution >= 4 is 0 Å². The predicted octanol–water partition coefficient (Wildman–Crippen LogP) is 3.53. The molecule has 0 aromatic carbocycles. The molecule has 0 bridgehead atoms. The number of likely N-dealkylation sites (N-methyl/N-ethyl adjacent to an activating group) is 1. The Morgan fingerprint density at radius 2 is 1.68 bits per heavy atom. The Morgan fingerprint density at radius 1 is 1.09 bits per heavy atom.